The lowest BCUT2D eigenvalue weighted by Gasteiger charge is -2.40. The largest absolute Gasteiger partial charge is 0.396 e. The van der Waals surface area contributed by atoms with E-state index in [2.05, 4.69) is 10.6 Å². The van der Waals surface area contributed by atoms with Gasteiger partial charge in [0.15, 0.2) is 0 Å². The highest BCUT2D eigenvalue weighted by Crippen LogP contribution is 2.40. The highest BCUT2D eigenvalue weighted by atomic mass is 19.1. The molecule has 1 amide bonds. The first-order valence-corrected chi connectivity index (χ1v) is 7.53. The van der Waals surface area contributed by atoms with Crippen LogP contribution in [0, 0.1) is 18.7 Å². The SMILES string of the molecule is Cc1cc(F)c2c(c1)NC(C(=O)NCC1(F)CC(CO)C1)C2. The minimum Gasteiger partial charge on any atom is -0.396 e. The molecule has 120 valence electrons. The molecule has 22 heavy (non-hydrogen) atoms. The van der Waals surface area contributed by atoms with E-state index in [1.807, 2.05) is 0 Å². The third kappa shape index (κ3) is 2.79. The van der Waals surface area contributed by atoms with E-state index < -0.39 is 11.7 Å². The first-order valence-electron chi connectivity index (χ1n) is 7.53. The number of halogens is 2. The third-order valence-electron chi connectivity index (χ3n) is 4.54. The van der Waals surface area contributed by atoms with E-state index >= 15 is 0 Å². The summed E-state index contributed by atoms with van der Waals surface area (Å²) < 4.78 is 28.0. The Hall–Kier alpha value is -1.69. The van der Waals surface area contributed by atoms with Crippen LogP contribution in [0.3, 0.4) is 0 Å². The first-order chi connectivity index (χ1) is 10.4. The molecular weight excluding hydrogens is 290 g/mol. The molecule has 0 aromatic heterocycles. The van der Waals surface area contributed by atoms with Gasteiger partial charge in [0.05, 0.1) is 6.54 Å². The lowest BCUT2D eigenvalue weighted by molar-refractivity contribution is -0.123. The first kappa shape index (κ1) is 15.2. The molecule has 1 aliphatic carbocycles. The van der Waals surface area contributed by atoms with Gasteiger partial charge in [0, 0.05) is 24.3 Å². The lowest BCUT2D eigenvalue weighted by atomic mass is 9.72. The van der Waals surface area contributed by atoms with Gasteiger partial charge in [0.1, 0.15) is 17.5 Å². The van der Waals surface area contributed by atoms with Crippen molar-refractivity contribution in [2.24, 2.45) is 5.92 Å². The van der Waals surface area contributed by atoms with Crippen LogP contribution in [0.1, 0.15) is 24.0 Å². The van der Waals surface area contributed by atoms with Crippen LogP contribution in [0.5, 0.6) is 0 Å². The fourth-order valence-electron chi connectivity index (χ4n) is 3.33. The van der Waals surface area contributed by atoms with Crippen molar-refractivity contribution in [3.05, 3.63) is 29.1 Å². The molecule has 1 aromatic carbocycles. The van der Waals surface area contributed by atoms with Gasteiger partial charge in [-0.05, 0) is 43.4 Å². The molecule has 0 bridgehead atoms. The number of benzene rings is 1. The van der Waals surface area contributed by atoms with Crippen LogP contribution >= 0.6 is 0 Å². The molecule has 0 spiro atoms. The molecule has 4 nitrogen and oxygen atoms in total. The number of aliphatic hydroxyl groups excluding tert-OH is 1. The summed E-state index contributed by atoms with van der Waals surface area (Å²) in [6.07, 6.45) is 0.817. The van der Waals surface area contributed by atoms with Gasteiger partial charge in [-0.15, -0.1) is 0 Å². The maximum absolute atomic E-state index is 14.2. The summed E-state index contributed by atoms with van der Waals surface area (Å²) in [4.78, 5) is 12.1. The molecule has 3 N–H and O–H groups in total. The van der Waals surface area contributed by atoms with Crippen molar-refractivity contribution in [2.45, 2.75) is 37.9 Å². The fraction of sp³-hybridized carbons (Fsp3) is 0.562. The second-order valence-electron chi connectivity index (χ2n) is 6.50. The smallest absolute Gasteiger partial charge is 0.242 e. The summed E-state index contributed by atoms with van der Waals surface area (Å²) in [6, 6.07) is 2.68. The number of aliphatic hydroxyl groups is 1. The molecule has 1 aliphatic heterocycles. The average molecular weight is 310 g/mol. The van der Waals surface area contributed by atoms with E-state index in [4.69, 9.17) is 5.11 Å². The van der Waals surface area contributed by atoms with E-state index in [0.29, 0.717) is 11.3 Å². The predicted octanol–water partition coefficient (Wildman–Crippen LogP) is 1.70. The van der Waals surface area contributed by atoms with Crippen molar-refractivity contribution in [3.63, 3.8) is 0 Å². The van der Waals surface area contributed by atoms with Crippen LogP contribution in [0.15, 0.2) is 12.1 Å². The molecule has 3 rings (SSSR count). The average Bonchev–Trinajstić information content (AvgIpc) is 2.85. The Bertz CT molecular complexity index is 600. The molecular formula is C16H20F2N2O2. The monoisotopic (exact) mass is 310 g/mol. The van der Waals surface area contributed by atoms with Crippen LogP contribution in [0.25, 0.3) is 0 Å². The van der Waals surface area contributed by atoms with Crippen molar-refractivity contribution in [3.8, 4) is 0 Å². The summed E-state index contributed by atoms with van der Waals surface area (Å²) in [7, 11) is 0. The van der Waals surface area contributed by atoms with Gasteiger partial charge in [-0.25, -0.2) is 8.78 Å². The summed E-state index contributed by atoms with van der Waals surface area (Å²) in [5.41, 5.74) is 0.509. The predicted molar refractivity (Wildman–Crippen MR) is 78.9 cm³/mol. The molecule has 6 heteroatoms. The molecule has 0 radical (unpaired) electrons. The highest BCUT2D eigenvalue weighted by Gasteiger charge is 2.44. The summed E-state index contributed by atoms with van der Waals surface area (Å²) in [5.74, 6) is -0.643. The number of alkyl halides is 1. The van der Waals surface area contributed by atoms with E-state index in [1.54, 1.807) is 13.0 Å². The highest BCUT2D eigenvalue weighted by molar-refractivity contribution is 5.87. The number of aryl methyl sites for hydroxylation is 1. The maximum atomic E-state index is 14.2. The second-order valence-corrected chi connectivity index (χ2v) is 6.50. The molecule has 1 aromatic rings. The Labute approximate surface area is 127 Å². The molecule has 1 saturated carbocycles. The molecule has 1 fully saturated rings. The zero-order valence-electron chi connectivity index (χ0n) is 12.5. The van der Waals surface area contributed by atoms with Crippen LogP contribution in [-0.2, 0) is 11.2 Å². The van der Waals surface area contributed by atoms with Crippen molar-refractivity contribution in [2.75, 3.05) is 18.5 Å². The minimum absolute atomic E-state index is 0.00664. The zero-order chi connectivity index (χ0) is 15.9. The topological polar surface area (TPSA) is 61.4 Å². The van der Waals surface area contributed by atoms with Gasteiger partial charge < -0.3 is 15.7 Å². The summed E-state index contributed by atoms with van der Waals surface area (Å²) in [6.45, 7) is 1.72. The summed E-state index contributed by atoms with van der Waals surface area (Å²) in [5, 5.41) is 14.5. The van der Waals surface area contributed by atoms with E-state index in [9.17, 15) is 13.6 Å². The van der Waals surface area contributed by atoms with Gasteiger partial charge in [0.2, 0.25) is 5.91 Å². The van der Waals surface area contributed by atoms with Crippen molar-refractivity contribution >= 4 is 11.6 Å². The number of fused-ring (bicyclic) bond motifs is 1. The van der Waals surface area contributed by atoms with E-state index in [1.165, 1.54) is 6.07 Å². The Morgan fingerprint density at radius 3 is 2.91 bits per heavy atom. The Morgan fingerprint density at radius 1 is 1.50 bits per heavy atom. The van der Waals surface area contributed by atoms with Crippen LogP contribution in [0.2, 0.25) is 0 Å². The number of hydrogen-bond acceptors (Lipinski definition) is 3. The standard InChI is InChI=1S/C16H20F2N2O2/c1-9-2-12(17)11-4-14(20-13(11)3-9)15(22)19-8-16(18)5-10(6-16)7-21/h2-3,10,14,20-21H,4-8H2,1H3,(H,19,22). The Kier molecular flexibility index (Phi) is 3.80. The van der Waals surface area contributed by atoms with Gasteiger partial charge in [-0.2, -0.15) is 0 Å². The molecule has 1 atom stereocenters. The molecule has 1 heterocycles. The Balaban J connectivity index is 1.56. The molecule has 2 aliphatic rings. The quantitative estimate of drug-likeness (QED) is 0.793. The number of anilines is 1. The van der Waals surface area contributed by atoms with Gasteiger partial charge >= 0.3 is 0 Å². The number of carbonyl (C=O) groups excluding carboxylic acids is 1. The van der Waals surface area contributed by atoms with Crippen molar-refractivity contribution < 1.29 is 18.7 Å². The van der Waals surface area contributed by atoms with Crippen LogP contribution in [-0.4, -0.2) is 35.9 Å². The molecule has 0 saturated heterocycles. The fourth-order valence-corrected chi connectivity index (χ4v) is 3.33. The van der Waals surface area contributed by atoms with E-state index in [-0.39, 0.29) is 50.1 Å². The minimum atomic E-state index is -1.42. The van der Waals surface area contributed by atoms with Gasteiger partial charge in [0.25, 0.3) is 0 Å². The number of rotatable bonds is 4. The number of amides is 1. The number of nitrogens with one attached hydrogen (secondary N) is 2. The van der Waals surface area contributed by atoms with Crippen molar-refractivity contribution in [1.29, 1.82) is 0 Å². The third-order valence-corrected chi connectivity index (χ3v) is 4.54. The zero-order valence-corrected chi connectivity index (χ0v) is 12.5. The van der Waals surface area contributed by atoms with Crippen molar-refractivity contribution in [1.82, 2.24) is 5.32 Å². The van der Waals surface area contributed by atoms with E-state index in [0.717, 1.165) is 5.56 Å². The van der Waals surface area contributed by atoms with Crippen LogP contribution in [0.4, 0.5) is 14.5 Å². The van der Waals surface area contributed by atoms with Gasteiger partial charge in [-0.3, -0.25) is 4.79 Å². The maximum Gasteiger partial charge on any atom is 0.242 e. The lowest BCUT2D eigenvalue weighted by Crippen LogP contribution is -2.52. The Morgan fingerprint density at radius 2 is 2.23 bits per heavy atom. The molecule has 1 unspecified atom stereocenters. The normalized spacial score (nSPS) is 29.5. The van der Waals surface area contributed by atoms with Gasteiger partial charge in [-0.1, -0.05) is 0 Å². The summed E-state index contributed by atoms with van der Waals surface area (Å²) >= 11 is 0. The number of hydrogen-bond donors (Lipinski definition) is 3. The second kappa shape index (κ2) is 5.50. The number of carbonyl (C=O) groups is 1. The van der Waals surface area contributed by atoms with Crippen LogP contribution < -0.4 is 10.6 Å².